The Bertz CT molecular complexity index is 727. The van der Waals surface area contributed by atoms with Crippen molar-refractivity contribution in [3.05, 3.63) is 48.2 Å². The summed E-state index contributed by atoms with van der Waals surface area (Å²) in [6.45, 7) is 4.12. The molecule has 2 N–H and O–H groups in total. The van der Waals surface area contributed by atoms with E-state index < -0.39 is 10.0 Å². The van der Waals surface area contributed by atoms with E-state index >= 15 is 0 Å². The average Bonchev–Trinajstić information content (AvgIpc) is 2.47. The summed E-state index contributed by atoms with van der Waals surface area (Å²) in [6.07, 6.45) is 1.46. The van der Waals surface area contributed by atoms with Crippen molar-refractivity contribution in [2.45, 2.75) is 24.8 Å². The lowest BCUT2D eigenvalue weighted by molar-refractivity contribution is 0.598. The standard InChI is InChI=1S/C15H19N3O2S/c1-11(2)12-6-4-7-13(10-12)18-21(19,20)15-14(16-3)8-5-9-17-15/h4-11,16,18H,1-3H3. The Morgan fingerprint density at radius 1 is 1.14 bits per heavy atom. The Labute approximate surface area is 125 Å². The molecule has 1 aromatic heterocycles. The number of hydrogen-bond acceptors (Lipinski definition) is 4. The minimum Gasteiger partial charge on any atom is -0.386 e. The van der Waals surface area contributed by atoms with Crippen molar-refractivity contribution in [1.29, 1.82) is 0 Å². The largest absolute Gasteiger partial charge is 0.386 e. The second-order valence-electron chi connectivity index (χ2n) is 4.99. The topological polar surface area (TPSA) is 71.1 Å². The second-order valence-corrected chi connectivity index (χ2v) is 6.59. The van der Waals surface area contributed by atoms with E-state index in [0.717, 1.165) is 5.56 Å². The molecule has 2 rings (SSSR count). The fourth-order valence-corrected chi connectivity index (χ4v) is 3.15. The van der Waals surface area contributed by atoms with Crippen LogP contribution in [0.3, 0.4) is 0 Å². The van der Waals surface area contributed by atoms with Gasteiger partial charge < -0.3 is 5.32 Å². The number of pyridine rings is 1. The van der Waals surface area contributed by atoms with Gasteiger partial charge in [-0.25, -0.2) is 4.98 Å². The highest BCUT2D eigenvalue weighted by molar-refractivity contribution is 7.92. The van der Waals surface area contributed by atoms with Crippen LogP contribution in [-0.2, 0) is 10.0 Å². The molecule has 0 unspecified atom stereocenters. The fourth-order valence-electron chi connectivity index (χ4n) is 1.96. The van der Waals surface area contributed by atoms with Crippen LogP contribution in [0.1, 0.15) is 25.3 Å². The number of benzene rings is 1. The van der Waals surface area contributed by atoms with Gasteiger partial charge in [-0.15, -0.1) is 0 Å². The molecule has 6 heteroatoms. The Morgan fingerprint density at radius 2 is 1.90 bits per heavy atom. The van der Waals surface area contributed by atoms with Crippen LogP contribution < -0.4 is 10.0 Å². The van der Waals surface area contributed by atoms with E-state index in [-0.39, 0.29) is 5.03 Å². The van der Waals surface area contributed by atoms with Crippen LogP contribution in [0.4, 0.5) is 11.4 Å². The van der Waals surface area contributed by atoms with Crippen molar-refractivity contribution in [2.24, 2.45) is 0 Å². The Kier molecular flexibility index (Phi) is 4.47. The highest BCUT2D eigenvalue weighted by Gasteiger charge is 2.19. The van der Waals surface area contributed by atoms with Gasteiger partial charge in [-0.3, -0.25) is 4.72 Å². The number of nitrogens with zero attached hydrogens (tertiary/aromatic N) is 1. The summed E-state index contributed by atoms with van der Waals surface area (Å²) in [6, 6.07) is 10.7. The molecule has 0 aliphatic rings. The minimum atomic E-state index is -3.72. The van der Waals surface area contributed by atoms with Gasteiger partial charge in [-0.05, 0) is 35.7 Å². The monoisotopic (exact) mass is 305 g/mol. The molecule has 0 spiro atoms. The predicted octanol–water partition coefficient (Wildman–Crippen LogP) is 3.05. The third-order valence-electron chi connectivity index (χ3n) is 3.10. The van der Waals surface area contributed by atoms with Crippen molar-refractivity contribution >= 4 is 21.4 Å². The summed E-state index contributed by atoms with van der Waals surface area (Å²) in [5.41, 5.74) is 2.07. The van der Waals surface area contributed by atoms with Gasteiger partial charge in [-0.2, -0.15) is 8.42 Å². The summed E-state index contributed by atoms with van der Waals surface area (Å²) in [5.74, 6) is 0.331. The molecule has 0 fully saturated rings. The van der Waals surface area contributed by atoms with E-state index in [1.54, 1.807) is 25.2 Å². The normalized spacial score (nSPS) is 11.4. The van der Waals surface area contributed by atoms with Crippen LogP contribution in [0, 0.1) is 0 Å². The highest BCUT2D eigenvalue weighted by atomic mass is 32.2. The molecule has 0 saturated carbocycles. The number of nitrogens with one attached hydrogen (secondary N) is 2. The van der Waals surface area contributed by atoms with Crippen LogP contribution in [0.25, 0.3) is 0 Å². The second kappa shape index (κ2) is 6.13. The Hall–Kier alpha value is -2.08. The van der Waals surface area contributed by atoms with E-state index in [1.165, 1.54) is 6.20 Å². The Balaban J connectivity index is 2.35. The van der Waals surface area contributed by atoms with E-state index in [2.05, 4.69) is 28.9 Å². The number of hydrogen-bond donors (Lipinski definition) is 2. The maximum Gasteiger partial charge on any atom is 0.281 e. The minimum absolute atomic E-state index is 0.0116. The molecule has 0 saturated heterocycles. The molecule has 5 nitrogen and oxygen atoms in total. The molecule has 0 aliphatic carbocycles. The van der Waals surface area contributed by atoms with Crippen LogP contribution >= 0.6 is 0 Å². The lowest BCUT2D eigenvalue weighted by Gasteiger charge is -2.12. The molecule has 0 aliphatic heterocycles. The quantitative estimate of drug-likeness (QED) is 0.890. The van der Waals surface area contributed by atoms with Gasteiger partial charge in [0.05, 0.1) is 5.69 Å². The predicted molar refractivity (Wildman–Crippen MR) is 85.1 cm³/mol. The van der Waals surface area contributed by atoms with Gasteiger partial charge in [-0.1, -0.05) is 26.0 Å². The summed E-state index contributed by atoms with van der Waals surface area (Å²) in [7, 11) is -2.06. The highest BCUT2D eigenvalue weighted by Crippen LogP contribution is 2.23. The maximum atomic E-state index is 12.4. The maximum absolute atomic E-state index is 12.4. The number of anilines is 2. The molecule has 1 heterocycles. The van der Waals surface area contributed by atoms with E-state index in [4.69, 9.17) is 0 Å². The van der Waals surface area contributed by atoms with Crippen LogP contribution in [0.2, 0.25) is 0 Å². The van der Waals surface area contributed by atoms with Crippen LogP contribution in [0.15, 0.2) is 47.6 Å². The zero-order valence-electron chi connectivity index (χ0n) is 12.3. The number of sulfonamides is 1. The van der Waals surface area contributed by atoms with Gasteiger partial charge in [0.15, 0.2) is 5.03 Å². The molecule has 1 aromatic carbocycles. The average molecular weight is 305 g/mol. The zero-order valence-corrected chi connectivity index (χ0v) is 13.1. The third-order valence-corrected chi connectivity index (χ3v) is 4.44. The molecule has 0 radical (unpaired) electrons. The fraction of sp³-hybridized carbons (Fsp3) is 0.267. The number of aromatic nitrogens is 1. The van der Waals surface area contributed by atoms with Crippen molar-refractivity contribution in [3.63, 3.8) is 0 Å². The molecule has 0 bridgehead atoms. The molecule has 0 amide bonds. The third kappa shape index (κ3) is 3.52. The van der Waals surface area contributed by atoms with Gasteiger partial charge in [0, 0.05) is 18.9 Å². The molecule has 0 atom stereocenters. The SMILES string of the molecule is CNc1cccnc1S(=O)(=O)Nc1cccc(C(C)C)c1. The van der Waals surface area contributed by atoms with Gasteiger partial charge >= 0.3 is 0 Å². The molecular weight excluding hydrogens is 286 g/mol. The summed E-state index contributed by atoms with van der Waals surface area (Å²) in [4.78, 5) is 3.96. The lowest BCUT2D eigenvalue weighted by Crippen LogP contribution is -2.16. The van der Waals surface area contributed by atoms with E-state index in [1.807, 2.05) is 18.2 Å². The first kappa shape index (κ1) is 15.3. The van der Waals surface area contributed by atoms with Crippen LogP contribution in [-0.4, -0.2) is 20.4 Å². The summed E-state index contributed by atoms with van der Waals surface area (Å²) < 4.78 is 27.5. The van der Waals surface area contributed by atoms with Crippen molar-refractivity contribution < 1.29 is 8.42 Å². The number of rotatable bonds is 5. The lowest BCUT2D eigenvalue weighted by atomic mass is 10.0. The molecule has 2 aromatic rings. The Morgan fingerprint density at radius 3 is 2.57 bits per heavy atom. The summed E-state index contributed by atoms with van der Waals surface area (Å²) >= 11 is 0. The molecular formula is C15H19N3O2S. The smallest absolute Gasteiger partial charge is 0.281 e. The van der Waals surface area contributed by atoms with Crippen molar-refractivity contribution in [3.8, 4) is 0 Å². The first-order valence-electron chi connectivity index (χ1n) is 6.69. The first-order chi connectivity index (χ1) is 9.94. The van der Waals surface area contributed by atoms with Gasteiger partial charge in [0.25, 0.3) is 10.0 Å². The van der Waals surface area contributed by atoms with Crippen LogP contribution in [0.5, 0.6) is 0 Å². The summed E-state index contributed by atoms with van der Waals surface area (Å²) in [5, 5.41) is 2.82. The van der Waals surface area contributed by atoms with Crippen molar-refractivity contribution in [1.82, 2.24) is 4.98 Å². The molecule has 112 valence electrons. The van der Waals surface area contributed by atoms with Gasteiger partial charge in [0.2, 0.25) is 0 Å². The van der Waals surface area contributed by atoms with Crippen molar-refractivity contribution in [2.75, 3.05) is 17.1 Å². The molecule has 21 heavy (non-hydrogen) atoms. The van der Waals surface area contributed by atoms with E-state index in [0.29, 0.717) is 17.3 Å². The zero-order chi connectivity index (χ0) is 15.5. The van der Waals surface area contributed by atoms with E-state index in [9.17, 15) is 8.42 Å². The van der Waals surface area contributed by atoms with Gasteiger partial charge in [0.1, 0.15) is 0 Å². The first-order valence-corrected chi connectivity index (χ1v) is 8.18.